The van der Waals surface area contributed by atoms with Gasteiger partial charge in [-0.3, -0.25) is 4.79 Å². The number of rotatable bonds is 5. The van der Waals surface area contributed by atoms with E-state index < -0.39 is 11.8 Å². The molecular formula is C14H15Br2F2NO. The number of halogens is 4. The summed E-state index contributed by atoms with van der Waals surface area (Å²) in [5.74, 6) is -3.47. The van der Waals surface area contributed by atoms with Crippen molar-refractivity contribution in [2.45, 2.75) is 36.4 Å². The highest BCUT2D eigenvalue weighted by Gasteiger charge is 2.57. The van der Waals surface area contributed by atoms with Crippen molar-refractivity contribution >= 4 is 43.5 Å². The predicted molar refractivity (Wildman–Crippen MR) is 83.2 cm³/mol. The first kappa shape index (κ1) is 15.9. The van der Waals surface area contributed by atoms with E-state index in [1.807, 2.05) is 6.92 Å². The number of aryl methyl sites for hydroxylation is 1. The zero-order chi connectivity index (χ0) is 14.9. The summed E-state index contributed by atoms with van der Waals surface area (Å²) in [6.07, 6.45) is 0.557. The first-order chi connectivity index (χ1) is 9.35. The molecule has 0 aliphatic heterocycles. The third kappa shape index (κ3) is 3.58. The Morgan fingerprint density at radius 3 is 2.75 bits per heavy atom. The molecule has 110 valence electrons. The van der Waals surface area contributed by atoms with E-state index >= 15 is 0 Å². The zero-order valence-electron chi connectivity index (χ0n) is 10.9. The number of anilines is 1. The molecule has 1 saturated carbocycles. The van der Waals surface area contributed by atoms with Gasteiger partial charge in [0.05, 0.1) is 10.7 Å². The molecule has 1 amide bonds. The maximum Gasteiger partial charge on any atom is 0.255 e. The van der Waals surface area contributed by atoms with E-state index in [2.05, 4.69) is 37.2 Å². The van der Waals surface area contributed by atoms with Crippen molar-refractivity contribution in [3.8, 4) is 0 Å². The van der Waals surface area contributed by atoms with Gasteiger partial charge in [0, 0.05) is 17.4 Å². The molecule has 1 aliphatic rings. The molecular weight excluding hydrogens is 396 g/mol. The predicted octanol–water partition coefficient (Wildman–Crippen LogP) is 4.60. The summed E-state index contributed by atoms with van der Waals surface area (Å²) in [5.41, 5.74) is 2.03. The lowest BCUT2D eigenvalue weighted by Crippen LogP contribution is -2.23. The van der Waals surface area contributed by atoms with Gasteiger partial charge in [-0.2, -0.15) is 0 Å². The molecule has 0 radical (unpaired) electrons. The highest BCUT2D eigenvalue weighted by atomic mass is 79.9. The molecule has 0 aromatic heterocycles. The number of carbonyl (C=O) groups excluding carboxylic acids is 1. The molecule has 0 saturated heterocycles. The minimum atomic E-state index is -2.60. The molecule has 2 unspecified atom stereocenters. The second-order valence-corrected chi connectivity index (χ2v) is 6.92. The lowest BCUT2D eigenvalue weighted by molar-refractivity contribution is -0.115. The number of carbonyl (C=O) groups is 1. The zero-order valence-corrected chi connectivity index (χ0v) is 14.1. The molecule has 1 aromatic rings. The average Bonchev–Trinajstić information content (AvgIpc) is 3.00. The van der Waals surface area contributed by atoms with Gasteiger partial charge in [0.2, 0.25) is 5.91 Å². The fourth-order valence-electron chi connectivity index (χ4n) is 2.09. The largest absolute Gasteiger partial charge is 0.325 e. The summed E-state index contributed by atoms with van der Waals surface area (Å²) in [7, 11) is 0. The number of hydrogen-bond donors (Lipinski definition) is 1. The first-order valence-electron chi connectivity index (χ1n) is 6.34. The van der Waals surface area contributed by atoms with Gasteiger partial charge in [-0.15, -0.1) is 0 Å². The van der Waals surface area contributed by atoms with Crippen molar-refractivity contribution in [1.82, 2.24) is 0 Å². The molecule has 1 fully saturated rings. The van der Waals surface area contributed by atoms with Gasteiger partial charge in [0.1, 0.15) is 0 Å². The quantitative estimate of drug-likeness (QED) is 0.706. The molecule has 1 N–H and O–H groups in total. The Bertz CT molecular complexity index is 522. The van der Waals surface area contributed by atoms with Crippen LogP contribution in [0.2, 0.25) is 0 Å². The van der Waals surface area contributed by atoms with Crippen molar-refractivity contribution in [2.75, 3.05) is 10.6 Å². The molecule has 2 rings (SSSR count). The second kappa shape index (κ2) is 6.10. The van der Waals surface area contributed by atoms with Gasteiger partial charge in [-0.05, 0) is 36.6 Å². The Morgan fingerprint density at radius 2 is 2.20 bits per heavy atom. The van der Waals surface area contributed by atoms with E-state index in [-0.39, 0.29) is 17.2 Å². The van der Waals surface area contributed by atoms with E-state index in [1.165, 1.54) is 0 Å². The van der Waals surface area contributed by atoms with Crippen LogP contribution in [0.5, 0.6) is 0 Å². The normalized spacial score (nSPS) is 21.4. The van der Waals surface area contributed by atoms with Crippen LogP contribution in [-0.4, -0.2) is 22.0 Å². The minimum Gasteiger partial charge on any atom is -0.325 e. The van der Waals surface area contributed by atoms with Gasteiger partial charge in [0.25, 0.3) is 5.92 Å². The van der Waals surface area contributed by atoms with E-state index in [4.69, 9.17) is 0 Å². The highest BCUT2D eigenvalue weighted by molar-refractivity contribution is 9.10. The molecule has 0 spiro atoms. The van der Waals surface area contributed by atoms with Gasteiger partial charge in [0.15, 0.2) is 0 Å². The molecule has 20 heavy (non-hydrogen) atoms. The SMILES string of the molecule is Cc1ccc(NC(=O)C(Br)CCBr)cc1C1CC1(F)F. The van der Waals surface area contributed by atoms with Crippen LogP contribution in [0.3, 0.4) is 0 Å². The van der Waals surface area contributed by atoms with E-state index in [1.54, 1.807) is 18.2 Å². The number of nitrogens with one attached hydrogen (secondary N) is 1. The Labute approximate surface area is 133 Å². The van der Waals surface area contributed by atoms with Crippen LogP contribution in [0, 0.1) is 6.92 Å². The van der Waals surface area contributed by atoms with Gasteiger partial charge >= 0.3 is 0 Å². The Kier molecular flexibility index (Phi) is 4.84. The topological polar surface area (TPSA) is 29.1 Å². The average molecular weight is 411 g/mol. The van der Waals surface area contributed by atoms with Gasteiger partial charge in [-0.1, -0.05) is 37.9 Å². The fraction of sp³-hybridized carbons (Fsp3) is 0.500. The van der Waals surface area contributed by atoms with Crippen LogP contribution in [0.4, 0.5) is 14.5 Å². The maximum absolute atomic E-state index is 13.2. The van der Waals surface area contributed by atoms with E-state index in [0.29, 0.717) is 23.0 Å². The van der Waals surface area contributed by atoms with Crippen molar-refractivity contribution in [2.24, 2.45) is 0 Å². The van der Waals surface area contributed by atoms with Crippen LogP contribution in [0.15, 0.2) is 18.2 Å². The Morgan fingerprint density at radius 1 is 1.55 bits per heavy atom. The second-order valence-electron chi connectivity index (χ2n) is 5.02. The summed E-state index contributed by atoms with van der Waals surface area (Å²) in [5, 5.41) is 3.46. The van der Waals surface area contributed by atoms with E-state index in [0.717, 1.165) is 5.56 Å². The molecule has 0 bridgehead atoms. The van der Waals surface area contributed by atoms with Gasteiger partial charge in [-0.25, -0.2) is 8.78 Å². The summed E-state index contributed by atoms with van der Waals surface area (Å²) < 4.78 is 26.4. The summed E-state index contributed by atoms with van der Waals surface area (Å²) >= 11 is 6.56. The van der Waals surface area contributed by atoms with E-state index in [9.17, 15) is 13.6 Å². The lowest BCUT2D eigenvalue weighted by atomic mass is 10.0. The third-order valence-electron chi connectivity index (χ3n) is 3.40. The molecule has 1 aromatic carbocycles. The Hall–Kier alpha value is -0.490. The first-order valence-corrected chi connectivity index (χ1v) is 8.38. The molecule has 2 atom stereocenters. The van der Waals surface area contributed by atoms with Crippen LogP contribution >= 0.6 is 31.9 Å². The number of benzene rings is 1. The van der Waals surface area contributed by atoms with Crippen molar-refractivity contribution in [3.63, 3.8) is 0 Å². The lowest BCUT2D eigenvalue weighted by Gasteiger charge is -2.12. The number of hydrogen-bond acceptors (Lipinski definition) is 1. The number of alkyl halides is 4. The van der Waals surface area contributed by atoms with Crippen molar-refractivity contribution < 1.29 is 13.6 Å². The van der Waals surface area contributed by atoms with Crippen molar-refractivity contribution in [1.29, 1.82) is 0 Å². The summed E-state index contributed by atoms with van der Waals surface area (Å²) in [6, 6.07) is 5.17. The van der Waals surface area contributed by atoms with Crippen LogP contribution in [0.1, 0.15) is 29.9 Å². The third-order valence-corrected chi connectivity index (χ3v) is 4.73. The number of amides is 1. The minimum absolute atomic E-state index is 0.101. The maximum atomic E-state index is 13.2. The molecule has 6 heteroatoms. The standard InChI is InChI=1S/C14H15Br2F2NO/c1-8-2-3-9(19-13(20)12(16)4-5-15)6-10(8)11-7-14(11,17)18/h2-3,6,11-12H,4-5,7H2,1H3,(H,19,20). The summed E-state index contributed by atoms with van der Waals surface area (Å²) in [4.78, 5) is 11.6. The van der Waals surface area contributed by atoms with Crippen LogP contribution < -0.4 is 5.32 Å². The highest BCUT2D eigenvalue weighted by Crippen LogP contribution is 2.56. The molecule has 1 aliphatic carbocycles. The van der Waals surface area contributed by atoms with Gasteiger partial charge < -0.3 is 5.32 Å². The smallest absolute Gasteiger partial charge is 0.255 e. The molecule has 0 heterocycles. The fourth-order valence-corrected chi connectivity index (χ4v) is 3.51. The van der Waals surface area contributed by atoms with Crippen LogP contribution in [0.25, 0.3) is 0 Å². The van der Waals surface area contributed by atoms with Crippen molar-refractivity contribution in [3.05, 3.63) is 29.3 Å². The Balaban J connectivity index is 2.10. The summed E-state index contributed by atoms with van der Waals surface area (Å²) in [6.45, 7) is 1.81. The monoisotopic (exact) mass is 409 g/mol. The molecule has 2 nitrogen and oxygen atoms in total. The van der Waals surface area contributed by atoms with Crippen LogP contribution in [-0.2, 0) is 4.79 Å².